The van der Waals surface area contributed by atoms with Crippen molar-refractivity contribution in [1.29, 1.82) is 0 Å². The molecule has 0 saturated heterocycles. The summed E-state index contributed by atoms with van der Waals surface area (Å²) in [5.74, 6) is -1.25. The molecule has 0 heterocycles. The molecule has 7 nitrogen and oxygen atoms in total. The number of nitro benzene ring substituents is 1. The number of ether oxygens (including phenoxy) is 2. The molecule has 7 heteroatoms. The second-order valence-electron chi connectivity index (χ2n) is 4.23. The zero-order chi connectivity index (χ0) is 16.5. The van der Waals surface area contributed by atoms with Gasteiger partial charge < -0.3 is 9.47 Å². The lowest BCUT2D eigenvalue weighted by Gasteiger charge is -2.04. The monoisotopic (exact) mass is 305 g/mol. The quantitative estimate of drug-likeness (QED) is 0.252. The first-order valence-electron chi connectivity index (χ1n) is 6.32. The number of rotatable bonds is 7. The number of hydrogen-bond donors (Lipinski definition) is 0. The molecule has 0 radical (unpaired) electrons. The largest absolute Gasteiger partial charge is 0.459 e. The molecule has 0 unspecified atom stereocenters. The second kappa shape index (κ2) is 8.35. The number of para-hydroxylation sites is 1. The summed E-state index contributed by atoms with van der Waals surface area (Å²) in [5, 5.41) is 10.8. The number of esters is 2. The molecular formula is C15H15NO6. The minimum Gasteiger partial charge on any atom is -0.459 e. The van der Waals surface area contributed by atoms with Gasteiger partial charge in [-0.05, 0) is 19.1 Å². The topological polar surface area (TPSA) is 95.7 Å². The highest BCUT2D eigenvalue weighted by molar-refractivity contribution is 5.88. The van der Waals surface area contributed by atoms with Crippen LogP contribution in [0.4, 0.5) is 5.69 Å². The first-order valence-corrected chi connectivity index (χ1v) is 6.32. The summed E-state index contributed by atoms with van der Waals surface area (Å²) in [6.45, 7) is 4.71. The van der Waals surface area contributed by atoms with Crippen LogP contribution in [0.25, 0.3) is 6.08 Å². The van der Waals surface area contributed by atoms with E-state index in [0.29, 0.717) is 0 Å². The van der Waals surface area contributed by atoms with Gasteiger partial charge in [-0.3, -0.25) is 10.1 Å². The molecule has 0 bridgehead atoms. The van der Waals surface area contributed by atoms with Crippen LogP contribution in [0.2, 0.25) is 0 Å². The predicted octanol–water partition coefficient (Wildman–Crippen LogP) is 2.27. The number of nitro groups is 1. The Morgan fingerprint density at radius 2 is 1.91 bits per heavy atom. The molecule has 1 aromatic carbocycles. The third kappa shape index (κ3) is 5.58. The molecule has 0 aliphatic heterocycles. The SMILES string of the molecule is C=C(C)C(=O)OCCOC(=O)/C=C/c1ccccc1[N+](=O)[O-]. The van der Waals surface area contributed by atoms with Gasteiger partial charge in [0.25, 0.3) is 5.69 Å². The van der Waals surface area contributed by atoms with Crippen molar-refractivity contribution < 1.29 is 24.0 Å². The first-order chi connectivity index (χ1) is 10.4. The highest BCUT2D eigenvalue weighted by Crippen LogP contribution is 2.18. The third-order valence-corrected chi connectivity index (χ3v) is 2.44. The van der Waals surface area contributed by atoms with Crippen LogP contribution in [0, 0.1) is 10.1 Å². The molecule has 0 aromatic heterocycles. The first kappa shape index (κ1) is 17.1. The van der Waals surface area contributed by atoms with Crippen molar-refractivity contribution >= 4 is 23.7 Å². The van der Waals surface area contributed by atoms with Crippen molar-refractivity contribution in [3.8, 4) is 0 Å². The Balaban J connectivity index is 2.47. The predicted molar refractivity (Wildman–Crippen MR) is 78.9 cm³/mol. The molecule has 0 saturated carbocycles. The van der Waals surface area contributed by atoms with Crippen LogP contribution >= 0.6 is 0 Å². The summed E-state index contributed by atoms with van der Waals surface area (Å²) < 4.78 is 9.53. The molecule has 0 N–H and O–H groups in total. The Kier molecular flexibility index (Phi) is 6.49. The van der Waals surface area contributed by atoms with Gasteiger partial charge in [-0.15, -0.1) is 0 Å². The van der Waals surface area contributed by atoms with Crippen LogP contribution < -0.4 is 0 Å². The number of nitrogens with zero attached hydrogens (tertiary/aromatic N) is 1. The fraction of sp³-hybridized carbons (Fsp3) is 0.200. The van der Waals surface area contributed by atoms with E-state index in [2.05, 4.69) is 6.58 Å². The maximum absolute atomic E-state index is 11.4. The van der Waals surface area contributed by atoms with Gasteiger partial charge in [0.05, 0.1) is 10.5 Å². The lowest BCUT2D eigenvalue weighted by Crippen LogP contribution is -2.13. The van der Waals surface area contributed by atoms with Crippen molar-refractivity contribution in [2.75, 3.05) is 13.2 Å². The van der Waals surface area contributed by atoms with Crippen LogP contribution in [0.15, 0.2) is 42.5 Å². The molecular weight excluding hydrogens is 290 g/mol. The summed E-state index contributed by atoms with van der Waals surface area (Å²) in [5.41, 5.74) is 0.433. The molecule has 1 aromatic rings. The van der Waals surface area contributed by atoms with Gasteiger partial charge in [0.2, 0.25) is 0 Å². The Labute approximate surface area is 127 Å². The normalized spacial score (nSPS) is 10.2. The van der Waals surface area contributed by atoms with Crippen molar-refractivity contribution in [2.45, 2.75) is 6.92 Å². The molecule has 0 amide bonds. The lowest BCUT2D eigenvalue weighted by atomic mass is 10.1. The van der Waals surface area contributed by atoms with Gasteiger partial charge in [-0.25, -0.2) is 9.59 Å². The molecule has 116 valence electrons. The number of carbonyl (C=O) groups is 2. The minimum atomic E-state index is -0.690. The molecule has 0 spiro atoms. The average molecular weight is 305 g/mol. The van der Waals surface area contributed by atoms with Gasteiger partial charge in [-0.2, -0.15) is 0 Å². The van der Waals surface area contributed by atoms with E-state index in [1.807, 2.05) is 0 Å². The Bertz CT molecular complexity index is 620. The van der Waals surface area contributed by atoms with Gasteiger partial charge in [0.1, 0.15) is 13.2 Å². The summed E-state index contributed by atoms with van der Waals surface area (Å²) in [7, 11) is 0. The van der Waals surface area contributed by atoms with E-state index < -0.39 is 16.9 Å². The summed E-state index contributed by atoms with van der Waals surface area (Å²) >= 11 is 0. The average Bonchev–Trinajstić information content (AvgIpc) is 2.49. The lowest BCUT2D eigenvalue weighted by molar-refractivity contribution is -0.385. The summed E-state index contributed by atoms with van der Waals surface area (Å²) in [6.07, 6.45) is 2.36. The molecule has 0 aliphatic carbocycles. The highest BCUT2D eigenvalue weighted by Gasteiger charge is 2.10. The molecule has 0 atom stereocenters. The van der Waals surface area contributed by atoms with E-state index in [1.165, 1.54) is 31.2 Å². The van der Waals surface area contributed by atoms with Gasteiger partial charge >= 0.3 is 11.9 Å². The van der Waals surface area contributed by atoms with Crippen LogP contribution in [0.5, 0.6) is 0 Å². The number of benzene rings is 1. The second-order valence-corrected chi connectivity index (χ2v) is 4.23. The van der Waals surface area contributed by atoms with Crippen LogP contribution in [-0.2, 0) is 19.1 Å². The van der Waals surface area contributed by atoms with Gasteiger partial charge in [0, 0.05) is 17.7 Å². The van der Waals surface area contributed by atoms with E-state index >= 15 is 0 Å². The fourth-order valence-corrected chi connectivity index (χ4v) is 1.40. The summed E-state index contributed by atoms with van der Waals surface area (Å²) in [6, 6.07) is 6.00. The third-order valence-electron chi connectivity index (χ3n) is 2.44. The minimum absolute atomic E-state index is 0.0865. The Hall–Kier alpha value is -2.96. The van der Waals surface area contributed by atoms with E-state index in [9.17, 15) is 19.7 Å². The van der Waals surface area contributed by atoms with E-state index in [0.717, 1.165) is 6.08 Å². The molecule has 0 fully saturated rings. The standard InChI is InChI=1S/C15H15NO6/c1-11(2)15(18)22-10-9-21-14(17)8-7-12-5-3-4-6-13(12)16(19)20/h3-8H,1,9-10H2,2H3/b8-7+. The van der Waals surface area contributed by atoms with Crippen molar-refractivity contribution in [2.24, 2.45) is 0 Å². The maximum atomic E-state index is 11.4. The number of carbonyl (C=O) groups excluding carboxylic acids is 2. The molecule has 1 rings (SSSR count). The van der Waals surface area contributed by atoms with Crippen LogP contribution in [0.1, 0.15) is 12.5 Å². The van der Waals surface area contributed by atoms with E-state index in [1.54, 1.807) is 6.07 Å². The van der Waals surface area contributed by atoms with Crippen LogP contribution in [-0.4, -0.2) is 30.1 Å². The van der Waals surface area contributed by atoms with E-state index in [-0.39, 0.29) is 30.0 Å². The molecule has 22 heavy (non-hydrogen) atoms. The Morgan fingerprint density at radius 3 is 2.55 bits per heavy atom. The van der Waals surface area contributed by atoms with Gasteiger partial charge in [-0.1, -0.05) is 18.7 Å². The van der Waals surface area contributed by atoms with Crippen LogP contribution in [0.3, 0.4) is 0 Å². The maximum Gasteiger partial charge on any atom is 0.333 e. The van der Waals surface area contributed by atoms with Crippen molar-refractivity contribution in [1.82, 2.24) is 0 Å². The van der Waals surface area contributed by atoms with Crippen molar-refractivity contribution in [3.05, 3.63) is 58.2 Å². The summed E-state index contributed by atoms with van der Waals surface area (Å²) in [4.78, 5) is 32.8. The number of hydrogen-bond acceptors (Lipinski definition) is 6. The Morgan fingerprint density at radius 1 is 1.27 bits per heavy atom. The highest BCUT2D eigenvalue weighted by atomic mass is 16.6. The van der Waals surface area contributed by atoms with Gasteiger partial charge in [0.15, 0.2) is 0 Å². The fourth-order valence-electron chi connectivity index (χ4n) is 1.40. The smallest absolute Gasteiger partial charge is 0.333 e. The van der Waals surface area contributed by atoms with E-state index in [4.69, 9.17) is 9.47 Å². The zero-order valence-electron chi connectivity index (χ0n) is 12.0. The zero-order valence-corrected chi connectivity index (χ0v) is 12.0. The van der Waals surface area contributed by atoms with Crippen molar-refractivity contribution in [3.63, 3.8) is 0 Å². The molecule has 0 aliphatic rings.